The predicted octanol–water partition coefficient (Wildman–Crippen LogP) is 1.83. The summed E-state index contributed by atoms with van der Waals surface area (Å²) in [5.74, 6) is 0. The minimum Gasteiger partial charge on any atom is -0.444 e. The fraction of sp³-hybridized carbons (Fsp3) is 0.600. The highest BCUT2D eigenvalue weighted by atomic mass is 16.6. The van der Waals surface area contributed by atoms with Gasteiger partial charge in [-0.1, -0.05) is 0 Å². The van der Waals surface area contributed by atoms with Gasteiger partial charge in [-0.05, 0) is 44.9 Å². The van der Waals surface area contributed by atoms with Crippen molar-refractivity contribution in [3.05, 3.63) is 30.1 Å². The molecule has 1 saturated heterocycles. The molecule has 110 valence electrons. The molecular weight excluding hydrogens is 254 g/mol. The van der Waals surface area contributed by atoms with Crippen molar-refractivity contribution in [2.45, 2.75) is 38.8 Å². The number of piperazine rings is 1. The average molecular weight is 277 g/mol. The fourth-order valence-electron chi connectivity index (χ4n) is 2.26. The van der Waals surface area contributed by atoms with Gasteiger partial charge in [0.2, 0.25) is 0 Å². The average Bonchev–Trinajstić information content (AvgIpc) is 2.38. The Labute approximate surface area is 120 Å². The molecule has 0 radical (unpaired) electrons. The van der Waals surface area contributed by atoms with Crippen molar-refractivity contribution in [2.75, 3.05) is 19.6 Å². The van der Waals surface area contributed by atoms with E-state index in [1.54, 1.807) is 17.3 Å². The summed E-state index contributed by atoms with van der Waals surface area (Å²) in [6, 6.07) is 4.28. The van der Waals surface area contributed by atoms with Crippen LogP contribution in [0.2, 0.25) is 0 Å². The van der Waals surface area contributed by atoms with Crippen LogP contribution in [0.1, 0.15) is 26.3 Å². The number of amides is 1. The van der Waals surface area contributed by atoms with Gasteiger partial charge in [-0.15, -0.1) is 0 Å². The first-order valence-electron chi connectivity index (χ1n) is 7.04. The van der Waals surface area contributed by atoms with Gasteiger partial charge in [0, 0.05) is 38.1 Å². The van der Waals surface area contributed by atoms with E-state index in [1.165, 1.54) is 5.56 Å². The Morgan fingerprint density at radius 3 is 2.80 bits per heavy atom. The first-order chi connectivity index (χ1) is 9.44. The van der Waals surface area contributed by atoms with Crippen LogP contribution >= 0.6 is 0 Å². The van der Waals surface area contributed by atoms with E-state index in [2.05, 4.69) is 10.3 Å². The zero-order valence-corrected chi connectivity index (χ0v) is 12.4. The molecule has 1 aromatic rings. The minimum absolute atomic E-state index is 0.223. The molecule has 2 rings (SSSR count). The maximum atomic E-state index is 12.1. The maximum Gasteiger partial charge on any atom is 0.410 e. The highest BCUT2D eigenvalue weighted by Crippen LogP contribution is 2.13. The van der Waals surface area contributed by atoms with Crippen LogP contribution in [-0.2, 0) is 11.2 Å². The number of carbonyl (C=O) groups excluding carboxylic acids is 1. The van der Waals surface area contributed by atoms with Crippen LogP contribution in [0.15, 0.2) is 24.5 Å². The zero-order chi connectivity index (χ0) is 14.6. The van der Waals surface area contributed by atoms with Crippen LogP contribution in [0, 0.1) is 0 Å². The standard InChI is InChI=1S/C15H23N3O2/c1-15(2,3)20-14(19)18-9-8-17-13(11-18)10-12-4-6-16-7-5-12/h4-7,13,17H,8-11H2,1-3H3/t13-/m1/s1. The van der Waals surface area contributed by atoms with Crippen molar-refractivity contribution in [3.63, 3.8) is 0 Å². The summed E-state index contributed by atoms with van der Waals surface area (Å²) in [7, 11) is 0. The van der Waals surface area contributed by atoms with Gasteiger partial charge < -0.3 is 15.0 Å². The molecule has 1 aromatic heterocycles. The first-order valence-corrected chi connectivity index (χ1v) is 7.04. The van der Waals surface area contributed by atoms with Crippen molar-refractivity contribution in [1.82, 2.24) is 15.2 Å². The summed E-state index contributed by atoms with van der Waals surface area (Å²) >= 11 is 0. The van der Waals surface area contributed by atoms with Crippen LogP contribution in [-0.4, -0.2) is 47.3 Å². The summed E-state index contributed by atoms with van der Waals surface area (Å²) in [6.45, 7) is 7.85. The largest absolute Gasteiger partial charge is 0.444 e. The second-order valence-electron chi connectivity index (χ2n) is 6.14. The number of nitrogens with one attached hydrogen (secondary N) is 1. The lowest BCUT2D eigenvalue weighted by Crippen LogP contribution is -2.54. The lowest BCUT2D eigenvalue weighted by molar-refractivity contribution is 0.0195. The number of nitrogens with zero attached hydrogens (tertiary/aromatic N) is 2. The third kappa shape index (κ3) is 4.49. The maximum absolute atomic E-state index is 12.1. The molecule has 0 bridgehead atoms. The van der Waals surface area contributed by atoms with Crippen LogP contribution in [0.4, 0.5) is 4.79 Å². The molecule has 5 nitrogen and oxygen atoms in total. The lowest BCUT2D eigenvalue weighted by Gasteiger charge is -2.35. The minimum atomic E-state index is -0.442. The Morgan fingerprint density at radius 1 is 1.45 bits per heavy atom. The van der Waals surface area contributed by atoms with Gasteiger partial charge in [0.1, 0.15) is 5.60 Å². The normalized spacial score (nSPS) is 19.8. The van der Waals surface area contributed by atoms with Gasteiger partial charge in [0.05, 0.1) is 0 Å². The predicted molar refractivity (Wildman–Crippen MR) is 77.5 cm³/mol. The Hall–Kier alpha value is -1.62. The molecule has 0 spiro atoms. The monoisotopic (exact) mass is 277 g/mol. The molecule has 1 fully saturated rings. The van der Waals surface area contributed by atoms with Crippen molar-refractivity contribution < 1.29 is 9.53 Å². The quantitative estimate of drug-likeness (QED) is 0.896. The molecule has 0 aliphatic carbocycles. The van der Waals surface area contributed by atoms with E-state index in [9.17, 15) is 4.79 Å². The number of rotatable bonds is 2. The van der Waals surface area contributed by atoms with Crippen LogP contribution in [0.3, 0.4) is 0 Å². The number of hydrogen-bond donors (Lipinski definition) is 1. The molecule has 1 aliphatic heterocycles. The second-order valence-corrected chi connectivity index (χ2v) is 6.14. The highest BCUT2D eigenvalue weighted by molar-refractivity contribution is 5.68. The van der Waals surface area contributed by atoms with Gasteiger partial charge in [-0.2, -0.15) is 0 Å². The Bertz CT molecular complexity index is 442. The van der Waals surface area contributed by atoms with Crippen LogP contribution in [0.25, 0.3) is 0 Å². The van der Waals surface area contributed by atoms with Gasteiger partial charge in [-0.25, -0.2) is 4.79 Å². The van der Waals surface area contributed by atoms with E-state index < -0.39 is 5.60 Å². The van der Waals surface area contributed by atoms with Crippen molar-refractivity contribution >= 4 is 6.09 Å². The van der Waals surface area contributed by atoms with E-state index in [0.29, 0.717) is 13.1 Å². The Kier molecular flexibility index (Phi) is 4.60. The third-order valence-corrected chi connectivity index (χ3v) is 3.14. The van der Waals surface area contributed by atoms with Crippen molar-refractivity contribution in [2.24, 2.45) is 0 Å². The SMILES string of the molecule is CC(C)(C)OC(=O)N1CCN[C@H](Cc2ccncc2)C1. The summed E-state index contributed by atoms with van der Waals surface area (Å²) in [6.07, 6.45) is 4.26. The van der Waals surface area contributed by atoms with Gasteiger partial charge in [0.25, 0.3) is 0 Å². The van der Waals surface area contributed by atoms with Crippen molar-refractivity contribution in [1.29, 1.82) is 0 Å². The smallest absolute Gasteiger partial charge is 0.410 e. The third-order valence-electron chi connectivity index (χ3n) is 3.14. The van der Waals surface area contributed by atoms with E-state index in [0.717, 1.165) is 13.0 Å². The molecule has 1 amide bonds. The van der Waals surface area contributed by atoms with Crippen molar-refractivity contribution in [3.8, 4) is 0 Å². The summed E-state index contributed by atoms with van der Waals surface area (Å²) in [4.78, 5) is 17.9. The fourth-order valence-corrected chi connectivity index (χ4v) is 2.26. The first kappa shape index (κ1) is 14.8. The van der Waals surface area contributed by atoms with E-state index in [-0.39, 0.29) is 12.1 Å². The summed E-state index contributed by atoms with van der Waals surface area (Å²) < 4.78 is 5.42. The number of ether oxygens (including phenoxy) is 1. The Morgan fingerprint density at radius 2 is 2.15 bits per heavy atom. The summed E-state index contributed by atoms with van der Waals surface area (Å²) in [5.41, 5.74) is 0.784. The zero-order valence-electron chi connectivity index (χ0n) is 12.4. The number of pyridine rings is 1. The molecule has 20 heavy (non-hydrogen) atoms. The molecule has 5 heteroatoms. The van der Waals surface area contributed by atoms with Crippen LogP contribution in [0.5, 0.6) is 0 Å². The molecule has 2 heterocycles. The van der Waals surface area contributed by atoms with E-state index in [4.69, 9.17) is 4.74 Å². The molecular formula is C15H23N3O2. The highest BCUT2D eigenvalue weighted by Gasteiger charge is 2.27. The number of hydrogen-bond acceptors (Lipinski definition) is 4. The molecule has 0 aromatic carbocycles. The molecule has 1 atom stereocenters. The lowest BCUT2D eigenvalue weighted by atomic mass is 10.1. The molecule has 0 unspecified atom stereocenters. The molecule has 1 aliphatic rings. The Balaban J connectivity index is 1.90. The molecule has 0 saturated carbocycles. The van der Waals surface area contributed by atoms with Gasteiger partial charge >= 0.3 is 6.09 Å². The van der Waals surface area contributed by atoms with E-state index in [1.807, 2.05) is 32.9 Å². The second kappa shape index (κ2) is 6.22. The van der Waals surface area contributed by atoms with Crippen LogP contribution < -0.4 is 5.32 Å². The number of aromatic nitrogens is 1. The topological polar surface area (TPSA) is 54.5 Å². The van der Waals surface area contributed by atoms with E-state index >= 15 is 0 Å². The van der Waals surface area contributed by atoms with Gasteiger partial charge in [0.15, 0.2) is 0 Å². The summed E-state index contributed by atoms with van der Waals surface area (Å²) in [5, 5.41) is 3.45. The number of carbonyl (C=O) groups is 1. The van der Waals surface area contributed by atoms with Gasteiger partial charge in [-0.3, -0.25) is 4.98 Å². The molecule has 1 N–H and O–H groups in total.